The third kappa shape index (κ3) is 4.68. The molecule has 0 bridgehead atoms. The number of amides is 2. The molecule has 2 N–H and O–H groups in total. The van der Waals surface area contributed by atoms with Crippen molar-refractivity contribution in [1.82, 2.24) is 5.32 Å². The van der Waals surface area contributed by atoms with Crippen LogP contribution in [0.1, 0.15) is 31.1 Å². The zero-order valence-electron chi connectivity index (χ0n) is 11.8. The van der Waals surface area contributed by atoms with E-state index in [1.54, 1.807) is 31.2 Å². The topological polar surface area (TPSA) is 75.3 Å². The summed E-state index contributed by atoms with van der Waals surface area (Å²) in [6, 6.07) is 6.56. The molecule has 5 nitrogen and oxygen atoms in total. The summed E-state index contributed by atoms with van der Waals surface area (Å²) in [5, 5.41) is 5.24. The molecule has 1 rings (SSSR count). The van der Waals surface area contributed by atoms with Crippen LogP contribution < -0.4 is 10.6 Å². The molecule has 106 valence electrons. The van der Waals surface area contributed by atoms with Crippen molar-refractivity contribution < 1.29 is 14.4 Å². The Morgan fingerprint density at radius 1 is 1.10 bits per heavy atom. The van der Waals surface area contributed by atoms with E-state index in [-0.39, 0.29) is 17.6 Å². The minimum atomic E-state index is -0.385. The Balaban J connectivity index is 2.68. The van der Waals surface area contributed by atoms with Crippen molar-refractivity contribution in [2.75, 3.05) is 11.9 Å². The molecule has 0 aliphatic rings. The van der Waals surface area contributed by atoms with E-state index in [1.165, 1.54) is 13.0 Å². The molecular formula is C15H18N2O3. The first-order chi connectivity index (χ1) is 9.43. The molecule has 0 aliphatic carbocycles. The summed E-state index contributed by atoms with van der Waals surface area (Å²) in [4.78, 5) is 34.3. The van der Waals surface area contributed by atoms with Crippen LogP contribution in [0.3, 0.4) is 0 Å². The molecule has 0 unspecified atom stereocenters. The predicted molar refractivity (Wildman–Crippen MR) is 77.5 cm³/mol. The third-order valence-electron chi connectivity index (χ3n) is 2.60. The molecule has 0 fully saturated rings. The maximum absolute atomic E-state index is 11.7. The van der Waals surface area contributed by atoms with E-state index in [0.29, 0.717) is 23.4 Å². The monoisotopic (exact) mass is 274 g/mol. The molecule has 0 spiro atoms. The maximum Gasteiger partial charge on any atom is 0.248 e. The Labute approximate surface area is 118 Å². The van der Waals surface area contributed by atoms with E-state index in [4.69, 9.17) is 0 Å². The number of ketones is 1. The summed E-state index contributed by atoms with van der Waals surface area (Å²) in [6.07, 6.45) is 1.24. The van der Waals surface area contributed by atoms with Crippen molar-refractivity contribution in [3.8, 4) is 0 Å². The van der Waals surface area contributed by atoms with Crippen LogP contribution in [0.2, 0.25) is 0 Å². The number of nitrogens with one attached hydrogen (secondary N) is 2. The van der Waals surface area contributed by atoms with Crippen molar-refractivity contribution in [2.45, 2.75) is 20.8 Å². The first-order valence-corrected chi connectivity index (χ1v) is 6.32. The fraction of sp³-hybridized carbons (Fsp3) is 0.267. The first kappa shape index (κ1) is 15.6. The first-order valence-electron chi connectivity index (χ1n) is 6.32. The molecule has 0 aliphatic heterocycles. The molecule has 20 heavy (non-hydrogen) atoms. The fourth-order valence-corrected chi connectivity index (χ4v) is 1.53. The van der Waals surface area contributed by atoms with Gasteiger partial charge in [0.25, 0.3) is 0 Å². The smallest absolute Gasteiger partial charge is 0.248 e. The predicted octanol–water partition coefficient (Wildman–Crippen LogP) is 1.91. The second kappa shape index (κ2) is 7.23. The zero-order chi connectivity index (χ0) is 15.1. The maximum atomic E-state index is 11.7. The van der Waals surface area contributed by atoms with Crippen LogP contribution in [-0.2, 0) is 9.59 Å². The second-order valence-electron chi connectivity index (χ2n) is 4.31. The summed E-state index contributed by atoms with van der Waals surface area (Å²) in [5.41, 5.74) is 1.49. The second-order valence-corrected chi connectivity index (χ2v) is 4.31. The molecule has 5 heteroatoms. The lowest BCUT2D eigenvalue weighted by Crippen LogP contribution is -2.24. The van der Waals surface area contributed by atoms with Crippen LogP contribution in [0, 0.1) is 0 Å². The molecule has 0 saturated heterocycles. The SMILES string of the molecule is CCNC(=O)/C(C)=C\C(=O)Nc1ccc(C(C)=O)cc1. The minimum Gasteiger partial charge on any atom is -0.353 e. The van der Waals surface area contributed by atoms with E-state index in [1.807, 2.05) is 6.92 Å². The zero-order valence-corrected chi connectivity index (χ0v) is 11.8. The number of hydrogen-bond acceptors (Lipinski definition) is 3. The van der Waals surface area contributed by atoms with Crippen molar-refractivity contribution >= 4 is 23.3 Å². The van der Waals surface area contributed by atoms with Crippen molar-refractivity contribution in [3.63, 3.8) is 0 Å². The number of Topliss-reactive ketones (excluding diaryl/α,β-unsaturated/α-hetero) is 1. The van der Waals surface area contributed by atoms with Crippen LogP contribution in [-0.4, -0.2) is 24.1 Å². The van der Waals surface area contributed by atoms with Crippen molar-refractivity contribution in [3.05, 3.63) is 41.5 Å². The van der Waals surface area contributed by atoms with Crippen LogP contribution in [0.5, 0.6) is 0 Å². The Kier molecular flexibility index (Phi) is 5.65. The van der Waals surface area contributed by atoms with Crippen LogP contribution in [0.4, 0.5) is 5.69 Å². The van der Waals surface area contributed by atoms with E-state index >= 15 is 0 Å². The van der Waals surface area contributed by atoms with Gasteiger partial charge in [-0.3, -0.25) is 14.4 Å². The summed E-state index contributed by atoms with van der Waals surface area (Å²) >= 11 is 0. The normalized spacial score (nSPS) is 10.8. The molecular weight excluding hydrogens is 256 g/mol. The van der Waals surface area contributed by atoms with E-state index < -0.39 is 0 Å². The van der Waals surface area contributed by atoms with E-state index in [2.05, 4.69) is 10.6 Å². The Hall–Kier alpha value is -2.43. The lowest BCUT2D eigenvalue weighted by atomic mass is 10.1. The highest BCUT2D eigenvalue weighted by molar-refractivity contribution is 6.06. The number of anilines is 1. The van der Waals surface area contributed by atoms with Gasteiger partial charge >= 0.3 is 0 Å². The average Bonchev–Trinajstić information content (AvgIpc) is 2.39. The molecule has 0 heterocycles. The number of carbonyl (C=O) groups is 3. The number of likely N-dealkylation sites (N-methyl/N-ethyl adjacent to an activating group) is 1. The lowest BCUT2D eigenvalue weighted by Gasteiger charge is -2.05. The van der Waals surface area contributed by atoms with Gasteiger partial charge in [-0.25, -0.2) is 0 Å². The molecule has 1 aromatic carbocycles. The van der Waals surface area contributed by atoms with Gasteiger partial charge in [0.2, 0.25) is 11.8 Å². The lowest BCUT2D eigenvalue weighted by molar-refractivity contribution is -0.118. The van der Waals surface area contributed by atoms with Gasteiger partial charge in [0.05, 0.1) is 0 Å². The van der Waals surface area contributed by atoms with Gasteiger partial charge in [-0.15, -0.1) is 0 Å². The van der Waals surface area contributed by atoms with Crippen LogP contribution >= 0.6 is 0 Å². The van der Waals surface area contributed by atoms with Gasteiger partial charge in [-0.05, 0) is 45.0 Å². The van der Waals surface area contributed by atoms with Gasteiger partial charge in [0.1, 0.15) is 0 Å². The standard InChI is InChI=1S/C15H18N2O3/c1-4-16-15(20)10(2)9-14(19)17-13-7-5-12(6-8-13)11(3)18/h5-9H,4H2,1-3H3,(H,16,20)(H,17,19)/b10-9-. The number of benzene rings is 1. The molecule has 0 saturated carbocycles. The minimum absolute atomic E-state index is 0.0325. The molecule has 0 atom stereocenters. The van der Waals surface area contributed by atoms with Crippen molar-refractivity contribution in [1.29, 1.82) is 0 Å². The van der Waals surface area contributed by atoms with Crippen LogP contribution in [0.15, 0.2) is 35.9 Å². The Morgan fingerprint density at radius 3 is 2.20 bits per heavy atom. The molecule has 0 radical (unpaired) electrons. The molecule has 1 aromatic rings. The summed E-state index contributed by atoms with van der Waals surface area (Å²) in [5.74, 6) is -0.686. The van der Waals surface area contributed by atoms with Gasteiger partial charge in [-0.1, -0.05) is 0 Å². The molecule has 2 amide bonds. The number of carbonyl (C=O) groups excluding carboxylic acids is 3. The summed E-state index contributed by atoms with van der Waals surface area (Å²) < 4.78 is 0. The highest BCUT2D eigenvalue weighted by Gasteiger charge is 2.06. The summed E-state index contributed by atoms with van der Waals surface area (Å²) in [7, 11) is 0. The van der Waals surface area contributed by atoms with Gasteiger partial charge < -0.3 is 10.6 Å². The van der Waals surface area contributed by atoms with Gasteiger partial charge in [-0.2, -0.15) is 0 Å². The third-order valence-corrected chi connectivity index (χ3v) is 2.60. The summed E-state index contributed by atoms with van der Waals surface area (Å²) in [6.45, 7) is 5.37. The van der Waals surface area contributed by atoms with E-state index in [9.17, 15) is 14.4 Å². The Bertz CT molecular complexity index is 545. The molecule has 0 aromatic heterocycles. The number of hydrogen-bond donors (Lipinski definition) is 2. The highest BCUT2D eigenvalue weighted by atomic mass is 16.2. The highest BCUT2D eigenvalue weighted by Crippen LogP contribution is 2.10. The van der Waals surface area contributed by atoms with Crippen LogP contribution in [0.25, 0.3) is 0 Å². The number of rotatable bonds is 5. The quantitative estimate of drug-likeness (QED) is 0.636. The average molecular weight is 274 g/mol. The fourth-order valence-electron chi connectivity index (χ4n) is 1.53. The van der Waals surface area contributed by atoms with Crippen molar-refractivity contribution in [2.24, 2.45) is 0 Å². The van der Waals surface area contributed by atoms with E-state index in [0.717, 1.165) is 0 Å². The van der Waals surface area contributed by atoms with Gasteiger partial charge in [0.15, 0.2) is 5.78 Å². The largest absolute Gasteiger partial charge is 0.353 e. The van der Waals surface area contributed by atoms with Gasteiger partial charge in [0, 0.05) is 29.4 Å². The Morgan fingerprint density at radius 2 is 1.70 bits per heavy atom.